The lowest BCUT2D eigenvalue weighted by atomic mass is 10.0. The number of carbonyl (C=O) groups is 2. The minimum absolute atomic E-state index is 0.161. The van der Waals surface area contributed by atoms with Gasteiger partial charge in [-0.2, -0.15) is 0 Å². The molecule has 0 fully saturated rings. The summed E-state index contributed by atoms with van der Waals surface area (Å²) in [4.78, 5) is 29.1. The van der Waals surface area contributed by atoms with Crippen molar-refractivity contribution in [2.45, 2.75) is 65.1 Å². The molecule has 6 heteroatoms. The highest BCUT2D eigenvalue weighted by Crippen LogP contribution is 2.26. The molecular weight excluding hydrogens is 528 g/mol. The van der Waals surface area contributed by atoms with Crippen LogP contribution in [0, 0.1) is 0 Å². The molecule has 3 aromatic carbocycles. The standard InChI is InChI=1S/C31H37BrN2O3/c1-22(2)26-16-9-10-17-28(26)37-21-29(35)34(20-24-14-11-15-25(32)18-24)27(30(36)33-31(3,4)5)19-23-12-7-6-8-13-23/h6-18,22,27H,19-21H2,1-5H3,(H,33,36). The maximum atomic E-state index is 13.8. The van der Waals surface area contributed by atoms with Crippen LogP contribution in [0.3, 0.4) is 0 Å². The van der Waals surface area contributed by atoms with Gasteiger partial charge in [-0.3, -0.25) is 9.59 Å². The molecule has 3 aromatic rings. The van der Waals surface area contributed by atoms with E-state index in [0.717, 1.165) is 21.2 Å². The molecule has 0 bridgehead atoms. The maximum Gasteiger partial charge on any atom is 0.261 e. The number of nitrogens with zero attached hydrogens (tertiary/aromatic N) is 1. The molecule has 0 spiro atoms. The Kier molecular flexibility index (Phi) is 9.93. The molecule has 0 saturated heterocycles. The van der Waals surface area contributed by atoms with Crippen molar-refractivity contribution in [1.82, 2.24) is 10.2 Å². The third-order valence-corrected chi connectivity index (χ3v) is 6.40. The van der Waals surface area contributed by atoms with Gasteiger partial charge in [0.15, 0.2) is 6.61 Å². The Bertz CT molecular complexity index is 1190. The molecule has 0 aliphatic heterocycles. The van der Waals surface area contributed by atoms with E-state index in [1.54, 1.807) is 4.90 Å². The summed E-state index contributed by atoms with van der Waals surface area (Å²) >= 11 is 3.52. The van der Waals surface area contributed by atoms with E-state index in [1.807, 2.05) is 99.6 Å². The van der Waals surface area contributed by atoms with Crippen molar-refractivity contribution < 1.29 is 14.3 Å². The van der Waals surface area contributed by atoms with Crippen LogP contribution in [0.2, 0.25) is 0 Å². The Balaban J connectivity index is 1.95. The highest BCUT2D eigenvalue weighted by Gasteiger charge is 2.32. The van der Waals surface area contributed by atoms with Gasteiger partial charge in [-0.1, -0.05) is 90.4 Å². The van der Waals surface area contributed by atoms with Gasteiger partial charge in [0, 0.05) is 23.0 Å². The quantitative estimate of drug-likeness (QED) is 0.305. The Labute approximate surface area is 229 Å². The third kappa shape index (κ3) is 8.74. The molecule has 1 unspecified atom stereocenters. The first-order valence-electron chi connectivity index (χ1n) is 12.6. The van der Waals surface area contributed by atoms with Gasteiger partial charge >= 0.3 is 0 Å². The van der Waals surface area contributed by atoms with Gasteiger partial charge in [-0.15, -0.1) is 0 Å². The number of carbonyl (C=O) groups excluding carboxylic acids is 2. The van der Waals surface area contributed by atoms with E-state index in [2.05, 4.69) is 35.1 Å². The lowest BCUT2D eigenvalue weighted by Gasteiger charge is -2.34. The topological polar surface area (TPSA) is 58.6 Å². The second-order valence-corrected chi connectivity index (χ2v) is 11.5. The van der Waals surface area contributed by atoms with E-state index in [1.165, 1.54) is 0 Å². The van der Waals surface area contributed by atoms with Crippen LogP contribution in [0.25, 0.3) is 0 Å². The van der Waals surface area contributed by atoms with Crippen molar-refractivity contribution in [2.75, 3.05) is 6.61 Å². The molecule has 37 heavy (non-hydrogen) atoms. The first-order chi connectivity index (χ1) is 17.5. The van der Waals surface area contributed by atoms with E-state index in [-0.39, 0.29) is 30.9 Å². The molecule has 1 atom stereocenters. The zero-order chi connectivity index (χ0) is 27.0. The second-order valence-electron chi connectivity index (χ2n) is 10.6. The number of para-hydroxylation sites is 1. The molecule has 0 radical (unpaired) electrons. The number of halogens is 1. The summed E-state index contributed by atoms with van der Waals surface area (Å²) in [6.07, 6.45) is 0.394. The van der Waals surface area contributed by atoms with E-state index in [9.17, 15) is 9.59 Å². The highest BCUT2D eigenvalue weighted by molar-refractivity contribution is 9.10. The minimum atomic E-state index is -0.711. The molecule has 2 amide bonds. The summed E-state index contributed by atoms with van der Waals surface area (Å²) in [7, 11) is 0. The van der Waals surface area contributed by atoms with Crippen LogP contribution in [0.5, 0.6) is 5.75 Å². The zero-order valence-corrected chi connectivity index (χ0v) is 23.9. The van der Waals surface area contributed by atoms with Crippen LogP contribution >= 0.6 is 15.9 Å². The first-order valence-corrected chi connectivity index (χ1v) is 13.4. The number of amides is 2. The maximum absolute atomic E-state index is 13.8. The fraction of sp³-hybridized carbons (Fsp3) is 0.355. The largest absolute Gasteiger partial charge is 0.483 e. The molecule has 0 heterocycles. The molecule has 5 nitrogen and oxygen atoms in total. The van der Waals surface area contributed by atoms with Crippen molar-refractivity contribution in [3.05, 3.63) is 100 Å². The molecule has 196 valence electrons. The SMILES string of the molecule is CC(C)c1ccccc1OCC(=O)N(Cc1cccc(Br)c1)C(Cc1ccccc1)C(=O)NC(C)(C)C. The smallest absolute Gasteiger partial charge is 0.261 e. The summed E-state index contributed by atoms with van der Waals surface area (Å²) in [6.45, 7) is 10.1. The van der Waals surface area contributed by atoms with Crippen LogP contribution in [-0.2, 0) is 22.6 Å². The van der Waals surface area contributed by atoms with Crippen LogP contribution < -0.4 is 10.1 Å². The van der Waals surface area contributed by atoms with Crippen LogP contribution in [0.4, 0.5) is 0 Å². The average molecular weight is 566 g/mol. The van der Waals surface area contributed by atoms with Crippen LogP contribution in [0.1, 0.15) is 57.2 Å². The summed E-state index contributed by atoms with van der Waals surface area (Å²) in [5.41, 5.74) is 2.50. The highest BCUT2D eigenvalue weighted by atomic mass is 79.9. The molecule has 0 saturated carbocycles. The number of ether oxygens (including phenoxy) is 1. The molecule has 0 aromatic heterocycles. The normalized spacial score (nSPS) is 12.2. The van der Waals surface area contributed by atoms with Gasteiger partial charge in [0.05, 0.1) is 0 Å². The van der Waals surface area contributed by atoms with Crippen molar-refractivity contribution >= 4 is 27.7 Å². The fourth-order valence-corrected chi connectivity index (χ4v) is 4.60. The van der Waals surface area contributed by atoms with Crippen molar-refractivity contribution in [2.24, 2.45) is 0 Å². The number of hydrogen-bond donors (Lipinski definition) is 1. The van der Waals surface area contributed by atoms with Crippen molar-refractivity contribution in [3.8, 4) is 5.75 Å². The Hall–Kier alpha value is -3.12. The summed E-state index contributed by atoms with van der Waals surface area (Å²) in [5.74, 6) is 0.505. The zero-order valence-electron chi connectivity index (χ0n) is 22.3. The molecule has 3 rings (SSSR count). The monoisotopic (exact) mass is 564 g/mol. The summed E-state index contributed by atoms with van der Waals surface area (Å²) in [5, 5.41) is 3.09. The summed E-state index contributed by atoms with van der Waals surface area (Å²) < 4.78 is 6.97. The predicted molar refractivity (Wildman–Crippen MR) is 153 cm³/mol. The predicted octanol–water partition coefficient (Wildman–Crippen LogP) is 6.51. The van der Waals surface area contributed by atoms with E-state index < -0.39 is 11.6 Å². The molecule has 0 aliphatic rings. The summed E-state index contributed by atoms with van der Waals surface area (Å²) in [6, 6.07) is 24.6. The van der Waals surface area contributed by atoms with E-state index in [0.29, 0.717) is 12.2 Å². The van der Waals surface area contributed by atoms with Gasteiger partial charge in [0.1, 0.15) is 11.8 Å². The minimum Gasteiger partial charge on any atom is -0.483 e. The lowest BCUT2D eigenvalue weighted by Crippen LogP contribution is -2.55. The first kappa shape index (κ1) is 28.5. The number of rotatable bonds is 10. The van der Waals surface area contributed by atoms with Gasteiger partial charge < -0.3 is 15.0 Å². The van der Waals surface area contributed by atoms with Crippen molar-refractivity contribution in [1.29, 1.82) is 0 Å². The second kappa shape index (κ2) is 12.9. The molecule has 0 aliphatic carbocycles. The Morgan fingerprint density at radius 2 is 1.57 bits per heavy atom. The molecule has 1 N–H and O–H groups in total. The fourth-order valence-electron chi connectivity index (χ4n) is 4.15. The van der Waals surface area contributed by atoms with E-state index >= 15 is 0 Å². The Morgan fingerprint density at radius 3 is 2.22 bits per heavy atom. The van der Waals surface area contributed by atoms with Crippen LogP contribution in [-0.4, -0.2) is 34.9 Å². The van der Waals surface area contributed by atoms with Gasteiger partial charge in [0.25, 0.3) is 5.91 Å². The van der Waals surface area contributed by atoms with Crippen LogP contribution in [0.15, 0.2) is 83.3 Å². The average Bonchev–Trinajstić information content (AvgIpc) is 2.84. The van der Waals surface area contributed by atoms with Crippen molar-refractivity contribution in [3.63, 3.8) is 0 Å². The Morgan fingerprint density at radius 1 is 0.919 bits per heavy atom. The van der Waals surface area contributed by atoms with Gasteiger partial charge in [-0.05, 0) is 61.6 Å². The number of nitrogens with one attached hydrogen (secondary N) is 1. The van der Waals surface area contributed by atoms with Gasteiger partial charge in [0.2, 0.25) is 5.91 Å². The number of benzene rings is 3. The third-order valence-electron chi connectivity index (χ3n) is 5.90. The van der Waals surface area contributed by atoms with Gasteiger partial charge in [-0.25, -0.2) is 0 Å². The molecular formula is C31H37BrN2O3. The number of hydrogen-bond acceptors (Lipinski definition) is 3. The lowest BCUT2D eigenvalue weighted by molar-refractivity contribution is -0.143. The van der Waals surface area contributed by atoms with E-state index in [4.69, 9.17) is 4.74 Å².